The molecule has 0 aromatic rings. The van der Waals surface area contributed by atoms with Crippen molar-refractivity contribution >= 4 is 10.1 Å². The maximum absolute atomic E-state index is 11.2. The molecule has 0 aromatic carbocycles. The largest absolute Gasteiger partial charge is 0.273 e. The fraction of sp³-hybridized carbons (Fsp3) is 1.00. The predicted octanol–water partition coefficient (Wildman–Crippen LogP) is 4.52. The summed E-state index contributed by atoms with van der Waals surface area (Å²) in [6, 6.07) is 0. The molecule has 0 N–H and O–H groups in total. The van der Waals surface area contributed by atoms with E-state index < -0.39 is 10.1 Å². The third-order valence-corrected chi connectivity index (χ3v) is 4.91. The maximum Gasteiger partial charge on any atom is 0.267 e. The average molecular weight is 292 g/mol. The Morgan fingerprint density at radius 3 is 1.95 bits per heavy atom. The molecule has 0 aromatic heterocycles. The summed E-state index contributed by atoms with van der Waals surface area (Å²) in [5.41, 5.74) is 0. The SMILES string of the molecule is CCCCCCCCCCC(C)CCS(=O)(=O)OC. The van der Waals surface area contributed by atoms with Crippen LogP contribution in [0.25, 0.3) is 0 Å². The molecule has 0 aliphatic rings. The van der Waals surface area contributed by atoms with Crippen molar-refractivity contribution in [3.05, 3.63) is 0 Å². The van der Waals surface area contributed by atoms with E-state index in [4.69, 9.17) is 0 Å². The Morgan fingerprint density at radius 1 is 0.895 bits per heavy atom. The molecule has 4 heteroatoms. The molecule has 1 atom stereocenters. The van der Waals surface area contributed by atoms with Crippen LogP contribution in [0.1, 0.15) is 78.1 Å². The molecule has 0 rings (SSSR count). The van der Waals surface area contributed by atoms with Crippen LogP contribution in [-0.2, 0) is 14.3 Å². The van der Waals surface area contributed by atoms with E-state index in [0.717, 1.165) is 6.42 Å². The summed E-state index contributed by atoms with van der Waals surface area (Å²) in [5, 5.41) is 0. The van der Waals surface area contributed by atoms with Gasteiger partial charge in [-0.05, 0) is 12.3 Å². The van der Waals surface area contributed by atoms with Crippen molar-refractivity contribution in [1.29, 1.82) is 0 Å². The molecule has 116 valence electrons. The van der Waals surface area contributed by atoms with Gasteiger partial charge in [-0.2, -0.15) is 8.42 Å². The van der Waals surface area contributed by atoms with Crippen LogP contribution in [-0.4, -0.2) is 21.3 Å². The molecular weight excluding hydrogens is 260 g/mol. The molecule has 0 aliphatic heterocycles. The fourth-order valence-electron chi connectivity index (χ4n) is 2.20. The minimum atomic E-state index is -3.26. The van der Waals surface area contributed by atoms with Crippen LogP contribution >= 0.6 is 0 Å². The van der Waals surface area contributed by atoms with Crippen LogP contribution in [0.5, 0.6) is 0 Å². The second-order valence-corrected chi connectivity index (χ2v) is 7.44. The van der Waals surface area contributed by atoms with E-state index in [1.54, 1.807) is 0 Å². The molecule has 0 aliphatic carbocycles. The summed E-state index contributed by atoms with van der Waals surface area (Å²) >= 11 is 0. The smallest absolute Gasteiger partial charge is 0.267 e. The molecule has 0 heterocycles. The summed E-state index contributed by atoms with van der Waals surface area (Å²) in [7, 11) is -2.03. The Balaban J connectivity index is 3.36. The molecular formula is C15H32O3S. The van der Waals surface area contributed by atoms with E-state index in [2.05, 4.69) is 18.0 Å². The first kappa shape index (κ1) is 18.9. The molecule has 3 nitrogen and oxygen atoms in total. The molecule has 1 unspecified atom stereocenters. The molecule has 0 saturated carbocycles. The van der Waals surface area contributed by atoms with Crippen molar-refractivity contribution in [2.45, 2.75) is 78.1 Å². The number of hydrogen-bond acceptors (Lipinski definition) is 3. The van der Waals surface area contributed by atoms with Crippen molar-refractivity contribution in [3.8, 4) is 0 Å². The number of unbranched alkanes of at least 4 members (excludes halogenated alkanes) is 7. The first-order valence-electron chi connectivity index (χ1n) is 7.80. The highest BCUT2D eigenvalue weighted by Gasteiger charge is 2.11. The van der Waals surface area contributed by atoms with Gasteiger partial charge >= 0.3 is 0 Å². The highest BCUT2D eigenvalue weighted by atomic mass is 32.2. The van der Waals surface area contributed by atoms with Gasteiger partial charge in [-0.15, -0.1) is 0 Å². The van der Waals surface area contributed by atoms with Crippen LogP contribution in [0.15, 0.2) is 0 Å². The van der Waals surface area contributed by atoms with Gasteiger partial charge in [0.25, 0.3) is 10.1 Å². The standard InChI is InChI=1S/C15H32O3S/c1-4-5-6-7-8-9-10-11-12-15(2)13-14-19(16,17)18-3/h15H,4-14H2,1-3H3. The van der Waals surface area contributed by atoms with Crippen molar-refractivity contribution in [2.75, 3.05) is 12.9 Å². The van der Waals surface area contributed by atoms with Gasteiger partial charge in [0.15, 0.2) is 0 Å². The van der Waals surface area contributed by atoms with Crippen molar-refractivity contribution in [1.82, 2.24) is 0 Å². The lowest BCUT2D eigenvalue weighted by atomic mass is 9.99. The second kappa shape index (κ2) is 11.7. The Labute approximate surface area is 120 Å². The van der Waals surface area contributed by atoms with E-state index in [-0.39, 0.29) is 5.75 Å². The number of hydrogen-bond donors (Lipinski definition) is 0. The predicted molar refractivity (Wildman–Crippen MR) is 81.8 cm³/mol. The van der Waals surface area contributed by atoms with Crippen molar-refractivity contribution in [2.24, 2.45) is 5.92 Å². The highest BCUT2D eigenvalue weighted by molar-refractivity contribution is 7.86. The van der Waals surface area contributed by atoms with Crippen LogP contribution in [0.2, 0.25) is 0 Å². The zero-order chi connectivity index (χ0) is 14.6. The van der Waals surface area contributed by atoms with Crippen molar-refractivity contribution < 1.29 is 12.6 Å². The van der Waals surface area contributed by atoms with Gasteiger partial charge in [-0.25, -0.2) is 0 Å². The monoisotopic (exact) mass is 292 g/mol. The highest BCUT2D eigenvalue weighted by Crippen LogP contribution is 2.16. The molecule has 0 amide bonds. The van der Waals surface area contributed by atoms with E-state index in [1.807, 2.05) is 0 Å². The average Bonchev–Trinajstić information content (AvgIpc) is 2.39. The van der Waals surface area contributed by atoms with E-state index in [1.165, 1.54) is 58.5 Å². The van der Waals surface area contributed by atoms with Gasteiger partial charge in [-0.1, -0.05) is 71.6 Å². The van der Waals surface area contributed by atoms with Crippen LogP contribution < -0.4 is 0 Å². The Hall–Kier alpha value is -0.0900. The van der Waals surface area contributed by atoms with Gasteiger partial charge in [0.1, 0.15) is 0 Å². The summed E-state index contributed by atoms with van der Waals surface area (Å²) in [6.07, 6.45) is 12.5. The lowest BCUT2D eigenvalue weighted by Gasteiger charge is -2.10. The molecule has 0 bridgehead atoms. The van der Waals surface area contributed by atoms with E-state index in [9.17, 15) is 8.42 Å². The van der Waals surface area contributed by atoms with Crippen LogP contribution in [0.3, 0.4) is 0 Å². The van der Waals surface area contributed by atoms with Gasteiger partial charge in [0.2, 0.25) is 0 Å². The third-order valence-electron chi connectivity index (χ3n) is 3.67. The zero-order valence-corrected chi connectivity index (χ0v) is 13.8. The lowest BCUT2D eigenvalue weighted by molar-refractivity contribution is 0.389. The zero-order valence-electron chi connectivity index (χ0n) is 13.0. The fourth-order valence-corrected chi connectivity index (χ4v) is 3.06. The lowest BCUT2D eigenvalue weighted by Crippen LogP contribution is -2.11. The number of rotatable bonds is 13. The summed E-state index contributed by atoms with van der Waals surface area (Å²) in [4.78, 5) is 0. The van der Waals surface area contributed by atoms with Crippen LogP contribution in [0, 0.1) is 5.92 Å². The minimum Gasteiger partial charge on any atom is -0.273 e. The molecule has 0 spiro atoms. The van der Waals surface area contributed by atoms with E-state index >= 15 is 0 Å². The van der Waals surface area contributed by atoms with Gasteiger partial charge < -0.3 is 0 Å². The van der Waals surface area contributed by atoms with Gasteiger partial charge in [-0.3, -0.25) is 4.18 Å². The third kappa shape index (κ3) is 12.7. The van der Waals surface area contributed by atoms with Crippen LogP contribution in [0.4, 0.5) is 0 Å². The summed E-state index contributed by atoms with van der Waals surface area (Å²) in [6.45, 7) is 4.37. The Kier molecular flexibility index (Phi) is 11.7. The minimum absolute atomic E-state index is 0.154. The first-order chi connectivity index (χ1) is 9.02. The quantitative estimate of drug-likeness (QED) is 0.370. The normalized spacial score (nSPS) is 13.6. The molecule has 0 radical (unpaired) electrons. The molecule has 0 fully saturated rings. The summed E-state index contributed by atoms with van der Waals surface area (Å²) < 4.78 is 26.8. The Bertz CT molecular complexity index is 286. The topological polar surface area (TPSA) is 43.4 Å². The first-order valence-corrected chi connectivity index (χ1v) is 9.38. The Morgan fingerprint density at radius 2 is 1.42 bits per heavy atom. The molecule has 19 heavy (non-hydrogen) atoms. The van der Waals surface area contributed by atoms with E-state index in [0.29, 0.717) is 12.3 Å². The molecule has 0 saturated heterocycles. The van der Waals surface area contributed by atoms with Crippen molar-refractivity contribution in [3.63, 3.8) is 0 Å². The maximum atomic E-state index is 11.2. The van der Waals surface area contributed by atoms with Gasteiger partial charge in [0.05, 0.1) is 12.9 Å². The second-order valence-electron chi connectivity index (χ2n) is 5.59. The summed E-state index contributed by atoms with van der Waals surface area (Å²) in [5.74, 6) is 0.631. The van der Waals surface area contributed by atoms with Gasteiger partial charge in [0, 0.05) is 0 Å².